The topological polar surface area (TPSA) is 86.1 Å². The van der Waals surface area contributed by atoms with Crippen LogP contribution in [0.1, 0.15) is 29.9 Å². The number of rotatable bonds is 5. The molecule has 1 N–H and O–H groups in total. The molecule has 2 heterocycles. The van der Waals surface area contributed by atoms with Gasteiger partial charge in [-0.3, -0.25) is 4.79 Å². The summed E-state index contributed by atoms with van der Waals surface area (Å²) in [5.74, 6) is -0.219. The molecule has 0 aliphatic rings. The molecule has 0 unspecified atom stereocenters. The van der Waals surface area contributed by atoms with E-state index < -0.39 is 5.97 Å². The van der Waals surface area contributed by atoms with Crippen LogP contribution in [0.15, 0.2) is 35.7 Å². The molecule has 0 spiro atoms. The van der Waals surface area contributed by atoms with E-state index in [2.05, 4.69) is 15.4 Å². The molecule has 7 nitrogen and oxygen atoms in total. The second-order valence-electron chi connectivity index (χ2n) is 5.61. The van der Waals surface area contributed by atoms with Gasteiger partial charge >= 0.3 is 5.97 Å². The fourth-order valence-electron chi connectivity index (χ4n) is 2.32. The molecule has 0 fully saturated rings. The highest BCUT2D eigenvalue weighted by atomic mass is 32.1. The van der Waals surface area contributed by atoms with Crippen LogP contribution in [0, 0.1) is 6.92 Å². The van der Waals surface area contributed by atoms with E-state index in [1.54, 1.807) is 18.4 Å². The van der Waals surface area contributed by atoms with Crippen molar-refractivity contribution >= 4 is 29.0 Å². The Hall–Kier alpha value is -3.00. The van der Waals surface area contributed by atoms with Crippen molar-refractivity contribution in [2.75, 3.05) is 11.9 Å². The summed E-state index contributed by atoms with van der Waals surface area (Å²) < 4.78 is 6.48. The van der Waals surface area contributed by atoms with Crippen molar-refractivity contribution < 1.29 is 14.3 Å². The molecule has 0 radical (unpaired) electrons. The number of carbonyl (C=O) groups is 2. The summed E-state index contributed by atoms with van der Waals surface area (Å²) in [7, 11) is 0. The molecular formula is C18H18N4O3S. The third-order valence-electron chi connectivity index (χ3n) is 3.52. The van der Waals surface area contributed by atoms with E-state index in [0.717, 1.165) is 11.1 Å². The molecule has 0 atom stereocenters. The first kappa shape index (κ1) is 17.8. The van der Waals surface area contributed by atoms with E-state index in [9.17, 15) is 9.59 Å². The fraction of sp³-hybridized carbons (Fsp3) is 0.222. The average molecular weight is 370 g/mol. The fourth-order valence-corrected chi connectivity index (χ4v) is 3.08. The van der Waals surface area contributed by atoms with Gasteiger partial charge in [0.05, 0.1) is 12.3 Å². The first-order valence-corrected chi connectivity index (χ1v) is 8.93. The van der Waals surface area contributed by atoms with E-state index in [4.69, 9.17) is 4.74 Å². The minimum atomic E-state index is -0.484. The van der Waals surface area contributed by atoms with E-state index >= 15 is 0 Å². The number of nitrogens with zero attached hydrogens (tertiary/aromatic N) is 3. The number of amides is 1. The smallest absolute Gasteiger partial charge is 0.357 e. The number of hydrogen-bond donors (Lipinski definition) is 1. The molecule has 2 aromatic heterocycles. The molecule has 26 heavy (non-hydrogen) atoms. The Balaban J connectivity index is 2.01. The largest absolute Gasteiger partial charge is 0.461 e. The van der Waals surface area contributed by atoms with Gasteiger partial charge in [-0.1, -0.05) is 29.8 Å². The molecule has 0 saturated carbocycles. The number of benzene rings is 1. The van der Waals surface area contributed by atoms with E-state index in [0.29, 0.717) is 16.6 Å². The minimum absolute atomic E-state index is 0.216. The zero-order chi connectivity index (χ0) is 18.7. The van der Waals surface area contributed by atoms with Gasteiger partial charge in [0.1, 0.15) is 5.82 Å². The van der Waals surface area contributed by atoms with Crippen molar-refractivity contribution in [3.05, 3.63) is 47.0 Å². The number of anilines is 1. The van der Waals surface area contributed by atoms with Crippen LogP contribution >= 0.6 is 11.3 Å². The third kappa shape index (κ3) is 3.80. The van der Waals surface area contributed by atoms with Gasteiger partial charge in [0.2, 0.25) is 11.0 Å². The molecule has 1 amide bonds. The highest BCUT2D eigenvalue weighted by Crippen LogP contribution is 2.26. The van der Waals surface area contributed by atoms with E-state index in [1.807, 2.05) is 31.2 Å². The van der Waals surface area contributed by atoms with Crippen LogP contribution in [0.2, 0.25) is 0 Å². The Morgan fingerprint density at radius 3 is 2.65 bits per heavy atom. The number of carbonyl (C=O) groups excluding carboxylic acids is 2. The van der Waals surface area contributed by atoms with Crippen LogP contribution in [0.25, 0.3) is 16.4 Å². The predicted molar refractivity (Wildman–Crippen MR) is 99.7 cm³/mol. The lowest BCUT2D eigenvalue weighted by molar-refractivity contribution is -0.114. The summed E-state index contributed by atoms with van der Waals surface area (Å²) in [6.07, 6.45) is 0. The van der Waals surface area contributed by atoms with E-state index in [-0.39, 0.29) is 18.2 Å². The minimum Gasteiger partial charge on any atom is -0.461 e. The van der Waals surface area contributed by atoms with Crippen LogP contribution < -0.4 is 5.32 Å². The molecular weight excluding hydrogens is 352 g/mol. The summed E-state index contributed by atoms with van der Waals surface area (Å²) in [6.45, 7) is 5.45. The number of aromatic nitrogens is 3. The second-order valence-corrected chi connectivity index (χ2v) is 6.45. The van der Waals surface area contributed by atoms with Crippen molar-refractivity contribution in [1.82, 2.24) is 14.8 Å². The lowest BCUT2D eigenvalue weighted by Gasteiger charge is -2.03. The number of aryl methyl sites for hydroxylation is 1. The summed E-state index contributed by atoms with van der Waals surface area (Å²) in [6, 6.07) is 9.69. The van der Waals surface area contributed by atoms with Gasteiger partial charge in [-0.25, -0.2) is 9.78 Å². The molecule has 0 aliphatic carbocycles. The summed E-state index contributed by atoms with van der Waals surface area (Å²) in [5, 5.41) is 9.38. The molecule has 134 valence electrons. The number of thiazole rings is 1. The van der Waals surface area contributed by atoms with Crippen molar-refractivity contribution in [2.45, 2.75) is 20.8 Å². The first-order valence-electron chi connectivity index (χ1n) is 8.05. The number of esters is 1. The van der Waals surface area contributed by atoms with Crippen LogP contribution in [-0.4, -0.2) is 33.2 Å². The average Bonchev–Trinajstić information content (AvgIpc) is 3.22. The van der Waals surface area contributed by atoms with Crippen LogP contribution in [0.3, 0.4) is 0 Å². The molecule has 3 aromatic rings. The standard InChI is InChI=1S/C18H18N4O3S/c1-4-25-17(24)15-10-26-18(20-15)22-16(19-12(3)23)9-14(21-22)13-7-5-11(2)6-8-13/h5-10H,4H2,1-3H3,(H,19,23). The highest BCUT2D eigenvalue weighted by Gasteiger charge is 2.17. The maximum Gasteiger partial charge on any atom is 0.357 e. The zero-order valence-electron chi connectivity index (χ0n) is 14.6. The lowest BCUT2D eigenvalue weighted by Crippen LogP contribution is -2.11. The Bertz CT molecular complexity index is 944. The Morgan fingerprint density at radius 2 is 2.00 bits per heavy atom. The quantitative estimate of drug-likeness (QED) is 0.695. The molecule has 1 aromatic carbocycles. The number of hydrogen-bond acceptors (Lipinski definition) is 6. The van der Waals surface area contributed by atoms with Gasteiger partial charge in [0.15, 0.2) is 5.69 Å². The van der Waals surface area contributed by atoms with Crippen LogP contribution in [0.4, 0.5) is 5.82 Å². The Morgan fingerprint density at radius 1 is 1.27 bits per heavy atom. The Kier molecular flexibility index (Phi) is 5.13. The summed E-state index contributed by atoms with van der Waals surface area (Å²) in [5.41, 5.74) is 2.98. The molecule has 0 aliphatic heterocycles. The molecule has 8 heteroatoms. The Labute approximate surface area is 154 Å². The van der Waals surface area contributed by atoms with Crippen molar-refractivity contribution in [1.29, 1.82) is 0 Å². The first-order chi connectivity index (χ1) is 12.5. The van der Waals surface area contributed by atoms with Gasteiger partial charge in [-0.15, -0.1) is 11.3 Å². The predicted octanol–water partition coefficient (Wildman–Crippen LogP) is 3.44. The lowest BCUT2D eigenvalue weighted by atomic mass is 10.1. The van der Waals surface area contributed by atoms with Crippen molar-refractivity contribution in [3.8, 4) is 16.4 Å². The van der Waals surface area contributed by atoms with Gasteiger partial charge in [-0.05, 0) is 13.8 Å². The van der Waals surface area contributed by atoms with Crippen LogP contribution in [0.5, 0.6) is 0 Å². The van der Waals surface area contributed by atoms with Crippen molar-refractivity contribution in [3.63, 3.8) is 0 Å². The highest BCUT2D eigenvalue weighted by molar-refractivity contribution is 7.12. The number of nitrogens with one attached hydrogen (secondary N) is 1. The third-order valence-corrected chi connectivity index (χ3v) is 4.33. The summed E-state index contributed by atoms with van der Waals surface area (Å²) in [4.78, 5) is 27.7. The monoisotopic (exact) mass is 370 g/mol. The zero-order valence-corrected chi connectivity index (χ0v) is 15.5. The van der Waals surface area contributed by atoms with Crippen LogP contribution in [-0.2, 0) is 9.53 Å². The second kappa shape index (κ2) is 7.49. The molecule has 0 saturated heterocycles. The maximum atomic E-state index is 11.8. The summed E-state index contributed by atoms with van der Waals surface area (Å²) >= 11 is 1.25. The van der Waals surface area contributed by atoms with E-state index in [1.165, 1.54) is 22.9 Å². The molecule has 3 rings (SSSR count). The molecule has 0 bridgehead atoms. The SMILES string of the molecule is CCOC(=O)c1csc(-n2nc(-c3ccc(C)cc3)cc2NC(C)=O)n1. The number of ether oxygens (including phenoxy) is 1. The van der Waals surface area contributed by atoms with Gasteiger partial charge in [0.25, 0.3) is 0 Å². The van der Waals surface area contributed by atoms with Gasteiger partial charge < -0.3 is 10.1 Å². The van der Waals surface area contributed by atoms with Gasteiger partial charge in [-0.2, -0.15) is 9.78 Å². The maximum absolute atomic E-state index is 11.8. The van der Waals surface area contributed by atoms with Gasteiger partial charge in [0, 0.05) is 23.9 Å². The normalized spacial score (nSPS) is 10.6. The van der Waals surface area contributed by atoms with Crippen molar-refractivity contribution in [2.24, 2.45) is 0 Å².